The van der Waals surface area contributed by atoms with Crippen LogP contribution in [0.2, 0.25) is 0 Å². The van der Waals surface area contributed by atoms with E-state index < -0.39 is 11.9 Å². The van der Waals surface area contributed by atoms with Crippen LogP contribution in [0.1, 0.15) is 15.9 Å². The quantitative estimate of drug-likeness (QED) is 0.626. The van der Waals surface area contributed by atoms with Crippen molar-refractivity contribution >= 4 is 23.6 Å². The molecule has 24 heavy (non-hydrogen) atoms. The van der Waals surface area contributed by atoms with Gasteiger partial charge in [0.1, 0.15) is 5.75 Å². The van der Waals surface area contributed by atoms with Crippen molar-refractivity contribution in [3.8, 4) is 17.2 Å². The largest absolute Gasteiger partial charge is 0.508 e. The number of phenolic OH excluding ortho intramolecular Hbond substituents is 2. The van der Waals surface area contributed by atoms with Crippen molar-refractivity contribution in [2.45, 2.75) is 0 Å². The number of nitrogens with one attached hydrogen (secondary N) is 1. The number of hydrogen-bond donors (Lipinski definition) is 4. The van der Waals surface area contributed by atoms with E-state index >= 15 is 0 Å². The van der Waals surface area contributed by atoms with Gasteiger partial charge in [0.15, 0.2) is 11.5 Å². The van der Waals surface area contributed by atoms with Crippen molar-refractivity contribution in [1.82, 2.24) is 0 Å². The van der Waals surface area contributed by atoms with Crippen molar-refractivity contribution in [2.75, 3.05) is 12.4 Å². The van der Waals surface area contributed by atoms with Crippen LogP contribution in [0.4, 0.5) is 5.69 Å². The third kappa shape index (κ3) is 4.04. The highest BCUT2D eigenvalue weighted by molar-refractivity contribution is 6.06. The molecule has 4 N–H and O–H groups in total. The van der Waals surface area contributed by atoms with E-state index in [-0.39, 0.29) is 22.7 Å². The topological polar surface area (TPSA) is 116 Å². The first kappa shape index (κ1) is 16.9. The summed E-state index contributed by atoms with van der Waals surface area (Å²) in [5, 5.41) is 30.5. The zero-order valence-corrected chi connectivity index (χ0v) is 12.7. The smallest absolute Gasteiger partial charge is 0.337 e. The average molecular weight is 329 g/mol. The molecule has 0 aromatic heterocycles. The zero-order valence-electron chi connectivity index (χ0n) is 12.7. The summed E-state index contributed by atoms with van der Waals surface area (Å²) < 4.78 is 4.92. The second-order valence-corrected chi connectivity index (χ2v) is 4.79. The van der Waals surface area contributed by atoms with Crippen LogP contribution in [0.3, 0.4) is 0 Å². The van der Waals surface area contributed by atoms with Crippen LogP contribution in [0.15, 0.2) is 42.5 Å². The number of aromatic carboxylic acids is 1. The fraction of sp³-hybridized carbons (Fsp3) is 0.0588. The summed E-state index contributed by atoms with van der Waals surface area (Å²) in [5.41, 5.74) is 0.393. The fourth-order valence-electron chi connectivity index (χ4n) is 1.98. The number of carboxylic acid groups (broad SMARTS) is 1. The number of aromatic hydroxyl groups is 2. The van der Waals surface area contributed by atoms with Gasteiger partial charge in [0.2, 0.25) is 5.91 Å². The number of ether oxygens (including phenoxy) is 1. The van der Waals surface area contributed by atoms with Gasteiger partial charge in [-0.1, -0.05) is 6.07 Å². The maximum atomic E-state index is 11.9. The lowest BCUT2D eigenvalue weighted by molar-refractivity contribution is -0.111. The molecule has 0 spiro atoms. The third-order valence-corrected chi connectivity index (χ3v) is 3.12. The second-order valence-electron chi connectivity index (χ2n) is 4.79. The Morgan fingerprint density at radius 1 is 1.12 bits per heavy atom. The van der Waals surface area contributed by atoms with Gasteiger partial charge in [0.05, 0.1) is 18.4 Å². The number of phenols is 2. The first-order chi connectivity index (χ1) is 11.4. The highest BCUT2D eigenvalue weighted by Gasteiger charge is 2.12. The summed E-state index contributed by atoms with van der Waals surface area (Å²) in [7, 11) is 1.42. The van der Waals surface area contributed by atoms with E-state index in [1.165, 1.54) is 37.5 Å². The molecular weight excluding hydrogens is 314 g/mol. The van der Waals surface area contributed by atoms with E-state index in [1.807, 2.05) is 0 Å². The minimum Gasteiger partial charge on any atom is -0.508 e. The number of hydrogen-bond acceptors (Lipinski definition) is 5. The Bertz CT molecular complexity index is 813. The van der Waals surface area contributed by atoms with E-state index in [9.17, 15) is 19.8 Å². The summed E-state index contributed by atoms with van der Waals surface area (Å²) in [4.78, 5) is 23.0. The number of amides is 1. The molecule has 0 aliphatic heterocycles. The van der Waals surface area contributed by atoms with Gasteiger partial charge >= 0.3 is 5.97 Å². The van der Waals surface area contributed by atoms with Gasteiger partial charge in [-0.25, -0.2) is 4.79 Å². The van der Waals surface area contributed by atoms with Crippen LogP contribution in [-0.4, -0.2) is 34.3 Å². The lowest BCUT2D eigenvalue weighted by Gasteiger charge is -2.07. The van der Waals surface area contributed by atoms with E-state index in [4.69, 9.17) is 9.84 Å². The molecule has 2 aromatic rings. The number of methoxy groups -OCH3 is 1. The Labute approximate surface area is 137 Å². The normalized spacial score (nSPS) is 10.5. The number of carbonyl (C=O) groups excluding carboxylic acids is 1. The molecule has 0 saturated carbocycles. The van der Waals surface area contributed by atoms with Crippen molar-refractivity contribution in [3.63, 3.8) is 0 Å². The van der Waals surface area contributed by atoms with E-state index in [2.05, 4.69) is 5.32 Å². The summed E-state index contributed by atoms with van der Waals surface area (Å²) in [6.07, 6.45) is 2.62. The van der Waals surface area contributed by atoms with Crippen LogP contribution in [-0.2, 0) is 4.79 Å². The molecule has 1 amide bonds. The first-order valence-corrected chi connectivity index (χ1v) is 6.83. The summed E-state index contributed by atoms with van der Waals surface area (Å²) in [6, 6.07) is 8.16. The molecule has 2 rings (SSSR count). The molecule has 0 aliphatic carbocycles. The van der Waals surface area contributed by atoms with Crippen LogP contribution >= 0.6 is 0 Å². The Morgan fingerprint density at radius 3 is 2.50 bits per heavy atom. The Balaban J connectivity index is 2.15. The molecule has 0 atom stereocenters. The summed E-state index contributed by atoms with van der Waals surface area (Å²) in [6.45, 7) is 0. The van der Waals surface area contributed by atoms with Crippen LogP contribution < -0.4 is 10.1 Å². The molecule has 0 unspecified atom stereocenters. The van der Waals surface area contributed by atoms with Crippen molar-refractivity contribution in [2.24, 2.45) is 0 Å². The molecule has 0 bridgehead atoms. The first-order valence-electron chi connectivity index (χ1n) is 6.83. The highest BCUT2D eigenvalue weighted by atomic mass is 16.5. The summed E-state index contributed by atoms with van der Waals surface area (Å²) >= 11 is 0. The minimum absolute atomic E-state index is 0.0188. The monoisotopic (exact) mass is 329 g/mol. The Hall–Kier alpha value is -3.48. The van der Waals surface area contributed by atoms with Gasteiger partial charge < -0.3 is 25.4 Å². The molecule has 7 nitrogen and oxygen atoms in total. The van der Waals surface area contributed by atoms with Crippen molar-refractivity contribution in [1.29, 1.82) is 0 Å². The maximum Gasteiger partial charge on any atom is 0.337 e. The third-order valence-electron chi connectivity index (χ3n) is 3.12. The number of anilines is 1. The van der Waals surface area contributed by atoms with E-state index in [1.54, 1.807) is 12.1 Å². The highest BCUT2D eigenvalue weighted by Crippen LogP contribution is 2.26. The number of benzene rings is 2. The standard InChI is InChI=1S/C17H15NO6/c1-24-15-6-2-10(8-14(15)20)3-7-16(21)18-13-9-11(19)4-5-12(13)17(22)23/h2-9,19-20H,1H3,(H,18,21)(H,22,23). The lowest BCUT2D eigenvalue weighted by atomic mass is 10.1. The van der Waals surface area contributed by atoms with E-state index in [0.717, 1.165) is 6.07 Å². The van der Waals surface area contributed by atoms with Gasteiger partial charge in [-0.2, -0.15) is 0 Å². The minimum atomic E-state index is -1.23. The molecule has 0 aliphatic rings. The van der Waals surface area contributed by atoms with Gasteiger partial charge in [-0.15, -0.1) is 0 Å². The molecule has 7 heteroatoms. The van der Waals surface area contributed by atoms with Crippen molar-refractivity contribution in [3.05, 3.63) is 53.6 Å². The molecule has 0 radical (unpaired) electrons. The maximum absolute atomic E-state index is 11.9. The number of carbonyl (C=O) groups is 2. The predicted molar refractivity (Wildman–Crippen MR) is 87.4 cm³/mol. The number of rotatable bonds is 5. The SMILES string of the molecule is COc1ccc(C=CC(=O)Nc2cc(O)ccc2C(=O)O)cc1O. The number of carboxylic acids is 1. The summed E-state index contributed by atoms with van der Waals surface area (Å²) in [5.74, 6) is -1.74. The van der Waals surface area contributed by atoms with Crippen LogP contribution in [0.25, 0.3) is 6.08 Å². The van der Waals surface area contributed by atoms with Gasteiger partial charge in [-0.3, -0.25) is 4.79 Å². The Morgan fingerprint density at radius 2 is 1.88 bits per heavy atom. The van der Waals surface area contributed by atoms with Gasteiger partial charge in [0.25, 0.3) is 0 Å². The van der Waals surface area contributed by atoms with Gasteiger partial charge in [0, 0.05) is 12.1 Å². The van der Waals surface area contributed by atoms with Crippen molar-refractivity contribution < 1.29 is 29.6 Å². The molecule has 0 fully saturated rings. The van der Waals surface area contributed by atoms with Crippen LogP contribution in [0, 0.1) is 0 Å². The van der Waals surface area contributed by atoms with E-state index in [0.29, 0.717) is 11.3 Å². The molecule has 124 valence electrons. The lowest BCUT2D eigenvalue weighted by Crippen LogP contribution is -2.11. The zero-order chi connectivity index (χ0) is 17.7. The molecule has 2 aromatic carbocycles. The predicted octanol–water partition coefficient (Wildman–Crippen LogP) is 2.46. The second kappa shape index (κ2) is 7.19. The Kier molecular flexibility index (Phi) is 5.06. The average Bonchev–Trinajstić information content (AvgIpc) is 2.53. The molecule has 0 heterocycles. The van der Waals surface area contributed by atoms with Gasteiger partial charge in [-0.05, 0) is 35.9 Å². The molecule has 0 saturated heterocycles. The molecular formula is C17H15NO6. The fourth-order valence-corrected chi connectivity index (χ4v) is 1.98. The van der Waals surface area contributed by atoms with Crippen LogP contribution in [0.5, 0.6) is 17.2 Å².